The molecule has 0 aliphatic carbocycles. The Morgan fingerprint density at radius 3 is 2.08 bits per heavy atom. The Hall–Kier alpha value is -2.42. The van der Waals surface area contributed by atoms with Crippen molar-refractivity contribution in [3.63, 3.8) is 0 Å². The largest absolute Gasteiger partial charge is 0.494 e. The van der Waals surface area contributed by atoms with Crippen LogP contribution in [0.4, 0.5) is 0 Å². The fourth-order valence-corrected chi connectivity index (χ4v) is 3.08. The maximum Gasteiger partial charge on any atom is 0.121 e. The van der Waals surface area contributed by atoms with E-state index >= 15 is 0 Å². The lowest BCUT2D eigenvalue weighted by Gasteiger charge is -2.06. The molecule has 0 aliphatic rings. The fourth-order valence-electron chi connectivity index (χ4n) is 3.08. The summed E-state index contributed by atoms with van der Waals surface area (Å²) in [5.74, 6) is 1.86. The summed E-state index contributed by atoms with van der Waals surface area (Å²) in [5, 5.41) is 1.24. The number of nitrogens with one attached hydrogen (secondary N) is 1. The number of hydrogen-bond acceptors (Lipinski definition) is 2. The van der Waals surface area contributed by atoms with Crippen LogP contribution in [0, 0.1) is 6.92 Å². The summed E-state index contributed by atoms with van der Waals surface area (Å²) in [6.45, 7) is 8.06. The second kappa shape index (κ2) is 8.79. The smallest absolute Gasteiger partial charge is 0.121 e. The van der Waals surface area contributed by atoms with E-state index in [0.29, 0.717) is 0 Å². The second-order valence-electron chi connectivity index (χ2n) is 6.76. The fraction of sp³-hybridized carbons (Fsp3) is 0.391. The van der Waals surface area contributed by atoms with Gasteiger partial charge in [-0.1, -0.05) is 26.7 Å². The molecule has 26 heavy (non-hydrogen) atoms. The van der Waals surface area contributed by atoms with Crippen LogP contribution < -0.4 is 9.47 Å². The first-order valence-electron chi connectivity index (χ1n) is 9.71. The van der Waals surface area contributed by atoms with Crippen molar-refractivity contribution >= 4 is 10.9 Å². The van der Waals surface area contributed by atoms with Gasteiger partial charge in [-0.3, -0.25) is 0 Å². The van der Waals surface area contributed by atoms with Crippen molar-refractivity contribution in [2.45, 2.75) is 46.5 Å². The summed E-state index contributed by atoms with van der Waals surface area (Å²) >= 11 is 0. The molecule has 0 fully saturated rings. The zero-order chi connectivity index (χ0) is 18.4. The number of hydrogen-bond donors (Lipinski definition) is 1. The Labute approximate surface area is 156 Å². The molecule has 0 radical (unpaired) electrons. The van der Waals surface area contributed by atoms with Gasteiger partial charge in [0.25, 0.3) is 0 Å². The van der Waals surface area contributed by atoms with Crippen molar-refractivity contribution < 1.29 is 9.47 Å². The number of aromatic nitrogens is 1. The van der Waals surface area contributed by atoms with Crippen LogP contribution in [0.15, 0.2) is 42.5 Å². The van der Waals surface area contributed by atoms with Crippen molar-refractivity contribution in [3.8, 4) is 22.8 Å². The SMILES string of the molecule is CCCCOc1ccc(-c2[nH]c3cc(OCCCC)ccc3c2C)cc1. The number of H-pyrrole nitrogens is 1. The quantitative estimate of drug-likeness (QED) is 0.446. The Bertz CT molecular complexity index is 833. The molecule has 0 saturated heterocycles. The molecular weight excluding hydrogens is 322 g/mol. The molecule has 0 amide bonds. The molecule has 1 aromatic heterocycles. The van der Waals surface area contributed by atoms with Crippen molar-refractivity contribution in [2.75, 3.05) is 13.2 Å². The summed E-state index contributed by atoms with van der Waals surface area (Å²) < 4.78 is 11.6. The van der Waals surface area contributed by atoms with Gasteiger partial charge in [0.2, 0.25) is 0 Å². The van der Waals surface area contributed by atoms with E-state index in [1.54, 1.807) is 0 Å². The van der Waals surface area contributed by atoms with Crippen LogP contribution in [0.1, 0.15) is 45.1 Å². The minimum absolute atomic E-state index is 0.772. The average Bonchev–Trinajstić information content (AvgIpc) is 2.99. The predicted molar refractivity (Wildman–Crippen MR) is 109 cm³/mol. The molecule has 3 aromatic rings. The topological polar surface area (TPSA) is 34.2 Å². The van der Waals surface area contributed by atoms with E-state index in [2.05, 4.69) is 68.2 Å². The monoisotopic (exact) mass is 351 g/mol. The number of benzene rings is 2. The van der Waals surface area contributed by atoms with Gasteiger partial charge in [0.15, 0.2) is 0 Å². The normalized spacial score (nSPS) is 11.0. The molecular formula is C23H29NO2. The van der Waals surface area contributed by atoms with Crippen molar-refractivity contribution in [3.05, 3.63) is 48.0 Å². The number of unbranched alkanes of at least 4 members (excludes halogenated alkanes) is 2. The van der Waals surface area contributed by atoms with Crippen LogP contribution in [0.25, 0.3) is 22.2 Å². The zero-order valence-electron chi connectivity index (χ0n) is 16.1. The standard InChI is InChI=1S/C23H29NO2/c1-4-6-14-25-19-10-8-18(9-11-19)23-17(3)21-13-12-20(16-22(21)24-23)26-15-7-5-2/h8-13,16,24H,4-7,14-15H2,1-3H3. The third kappa shape index (κ3) is 4.21. The molecule has 1 N–H and O–H groups in total. The highest BCUT2D eigenvalue weighted by molar-refractivity contribution is 5.91. The number of ether oxygens (including phenoxy) is 2. The van der Waals surface area contributed by atoms with Crippen LogP contribution in [-0.4, -0.2) is 18.2 Å². The Balaban J connectivity index is 1.79. The minimum atomic E-state index is 0.772. The second-order valence-corrected chi connectivity index (χ2v) is 6.76. The van der Waals surface area contributed by atoms with E-state index in [1.165, 1.54) is 16.5 Å². The molecule has 3 rings (SSSR count). The van der Waals surface area contributed by atoms with Gasteiger partial charge >= 0.3 is 0 Å². The number of aromatic amines is 1. The van der Waals surface area contributed by atoms with Gasteiger partial charge < -0.3 is 14.5 Å². The first kappa shape index (κ1) is 18.4. The van der Waals surface area contributed by atoms with E-state index in [1.807, 2.05) is 0 Å². The minimum Gasteiger partial charge on any atom is -0.494 e. The van der Waals surface area contributed by atoms with Gasteiger partial charge in [0, 0.05) is 22.7 Å². The van der Waals surface area contributed by atoms with Gasteiger partial charge in [-0.05, 0) is 67.3 Å². The van der Waals surface area contributed by atoms with E-state index in [4.69, 9.17) is 9.47 Å². The average molecular weight is 351 g/mol. The Morgan fingerprint density at radius 1 is 0.808 bits per heavy atom. The van der Waals surface area contributed by atoms with E-state index in [-0.39, 0.29) is 0 Å². The van der Waals surface area contributed by atoms with Crippen molar-refractivity contribution in [1.29, 1.82) is 0 Å². The molecule has 0 unspecified atom stereocenters. The highest BCUT2D eigenvalue weighted by Gasteiger charge is 2.10. The van der Waals surface area contributed by atoms with Gasteiger partial charge in [0.05, 0.1) is 13.2 Å². The Morgan fingerprint density at radius 2 is 1.42 bits per heavy atom. The Kier molecular flexibility index (Phi) is 6.21. The maximum absolute atomic E-state index is 5.84. The maximum atomic E-state index is 5.84. The van der Waals surface area contributed by atoms with Crippen LogP contribution in [0.3, 0.4) is 0 Å². The summed E-state index contributed by atoms with van der Waals surface area (Å²) in [7, 11) is 0. The van der Waals surface area contributed by atoms with Gasteiger partial charge in [-0.15, -0.1) is 0 Å². The van der Waals surface area contributed by atoms with Crippen LogP contribution >= 0.6 is 0 Å². The molecule has 2 aromatic carbocycles. The van der Waals surface area contributed by atoms with Gasteiger partial charge in [-0.25, -0.2) is 0 Å². The molecule has 0 aliphatic heterocycles. The van der Waals surface area contributed by atoms with Crippen molar-refractivity contribution in [1.82, 2.24) is 4.98 Å². The first-order chi connectivity index (χ1) is 12.7. The van der Waals surface area contributed by atoms with Crippen molar-refractivity contribution in [2.24, 2.45) is 0 Å². The van der Waals surface area contributed by atoms with E-state index in [9.17, 15) is 0 Å². The van der Waals surface area contributed by atoms with Crippen LogP contribution in [0.2, 0.25) is 0 Å². The molecule has 3 heteroatoms. The molecule has 0 saturated carbocycles. The number of fused-ring (bicyclic) bond motifs is 1. The third-order valence-electron chi connectivity index (χ3n) is 4.71. The summed E-state index contributed by atoms with van der Waals surface area (Å²) in [4.78, 5) is 3.56. The lowest BCUT2D eigenvalue weighted by Crippen LogP contribution is -1.96. The third-order valence-corrected chi connectivity index (χ3v) is 4.71. The zero-order valence-corrected chi connectivity index (χ0v) is 16.1. The lowest BCUT2D eigenvalue weighted by molar-refractivity contribution is 0.309. The summed E-state index contributed by atoms with van der Waals surface area (Å²) in [6, 6.07) is 14.7. The molecule has 138 valence electrons. The predicted octanol–water partition coefficient (Wildman–Crippen LogP) is 6.50. The van der Waals surface area contributed by atoms with Gasteiger partial charge in [0.1, 0.15) is 11.5 Å². The molecule has 0 spiro atoms. The van der Waals surface area contributed by atoms with Crippen LogP contribution in [0.5, 0.6) is 11.5 Å². The number of rotatable bonds is 9. The lowest BCUT2D eigenvalue weighted by atomic mass is 10.1. The molecule has 0 atom stereocenters. The molecule has 0 bridgehead atoms. The molecule has 1 heterocycles. The summed E-state index contributed by atoms with van der Waals surface area (Å²) in [5.41, 5.74) is 4.72. The van der Waals surface area contributed by atoms with E-state index in [0.717, 1.165) is 61.6 Å². The highest BCUT2D eigenvalue weighted by Crippen LogP contribution is 2.32. The highest BCUT2D eigenvalue weighted by atomic mass is 16.5. The first-order valence-corrected chi connectivity index (χ1v) is 9.71. The van der Waals surface area contributed by atoms with Gasteiger partial charge in [-0.2, -0.15) is 0 Å². The summed E-state index contributed by atoms with van der Waals surface area (Å²) in [6.07, 6.45) is 4.47. The van der Waals surface area contributed by atoms with Crippen LogP contribution in [-0.2, 0) is 0 Å². The van der Waals surface area contributed by atoms with E-state index < -0.39 is 0 Å². The number of aryl methyl sites for hydroxylation is 1. The molecule has 3 nitrogen and oxygen atoms in total.